The number of rotatable bonds is 2. The molecular weight excluding hydrogens is 214 g/mol. The molecule has 4 nitrogen and oxygen atoms in total. The lowest BCUT2D eigenvalue weighted by atomic mass is 10.1. The summed E-state index contributed by atoms with van der Waals surface area (Å²) in [4.78, 5) is 18.4. The SMILES string of the molecule is CC(C)CN1CC[C@H]2[C@H]1CCN2C(=O)N(C)C. The molecule has 0 spiro atoms. The highest BCUT2D eigenvalue weighted by atomic mass is 16.2. The lowest BCUT2D eigenvalue weighted by molar-refractivity contribution is 0.162. The molecule has 0 aliphatic carbocycles. The number of fused-ring (bicyclic) bond motifs is 1. The summed E-state index contributed by atoms with van der Waals surface area (Å²) in [7, 11) is 3.69. The van der Waals surface area contributed by atoms with Crippen LogP contribution in [0.25, 0.3) is 0 Å². The highest BCUT2D eigenvalue weighted by Gasteiger charge is 2.44. The van der Waals surface area contributed by atoms with Gasteiger partial charge in [-0.2, -0.15) is 0 Å². The van der Waals surface area contributed by atoms with Crippen molar-refractivity contribution in [1.82, 2.24) is 14.7 Å². The lowest BCUT2D eigenvalue weighted by Gasteiger charge is -2.28. The average molecular weight is 239 g/mol. The molecule has 98 valence electrons. The first-order chi connectivity index (χ1) is 8.00. The van der Waals surface area contributed by atoms with E-state index in [1.807, 2.05) is 14.1 Å². The Balaban J connectivity index is 1.99. The van der Waals surface area contributed by atoms with Crippen molar-refractivity contribution in [2.24, 2.45) is 5.92 Å². The van der Waals surface area contributed by atoms with E-state index >= 15 is 0 Å². The van der Waals surface area contributed by atoms with Crippen molar-refractivity contribution >= 4 is 6.03 Å². The van der Waals surface area contributed by atoms with Gasteiger partial charge in [0.15, 0.2) is 0 Å². The van der Waals surface area contributed by atoms with Crippen LogP contribution in [0, 0.1) is 5.92 Å². The predicted molar refractivity (Wildman–Crippen MR) is 69.0 cm³/mol. The number of amides is 2. The van der Waals surface area contributed by atoms with Gasteiger partial charge in [0.25, 0.3) is 0 Å². The molecule has 2 aliphatic heterocycles. The van der Waals surface area contributed by atoms with Gasteiger partial charge in [0.2, 0.25) is 0 Å². The number of likely N-dealkylation sites (tertiary alicyclic amines) is 2. The number of urea groups is 1. The molecule has 0 unspecified atom stereocenters. The van der Waals surface area contributed by atoms with E-state index in [0.717, 1.165) is 25.9 Å². The Morgan fingerprint density at radius 2 is 1.88 bits per heavy atom. The third-order valence-electron chi connectivity index (χ3n) is 3.92. The minimum absolute atomic E-state index is 0.184. The normalized spacial score (nSPS) is 28.9. The Morgan fingerprint density at radius 1 is 1.24 bits per heavy atom. The highest BCUT2D eigenvalue weighted by Crippen LogP contribution is 2.32. The first-order valence-corrected chi connectivity index (χ1v) is 6.72. The van der Waals surface area contributed by atoms with Crippen LogP contribution in [-0.4, -0.2) is 66.5 Å². The van der Waals surface area contributed by atoms with Crippen molar-refractivity contribution in [3.8, 4) is 0 Å². The predicted octanol–water partition coefficient (Wildman–Crippen LogP) is 1.47. The van der Waals surface area contributed by atoms with Crippen molar-refractivity contribution in [2.75, 3.05) is 33.7 Å². The van der Waals surface area contributed by atoms with Crippen molar-refractivity contribution in [1.29, 1.82) is 0 Å². The zero-order chi connectivity index (χ0) is 12.6. The molecule has 2 rings (SSSR count). The minimum Gasteiger partial charge on any atom is -0.331 e. The Bertz CT molecular complexity index is 290. The Morgan fingerprint density at radius 3 is 2.47 bits per heavy atom. The van der Waals surface area contributed by atoms with Crippen LogP contribution >= 0.6 is 0 Å². The fraction of sp³-hybridized carbons (Fsp3) is 0.923. The van der Waals surface area contributed by atoms with E-state index in [2.05, 4.69) is 23.6 Å². The third kappa shape index (κ3) is 2.41. The molecule has 0 N–H and O–H groups in total. The molecule has 0 aromatic heterocycles. The van der Waals surface area contributed by atoms with Crippen LogP contribution in [0.2, 0.25) is 0 Å². The van der Waals surface area contributed by atoms with Crippen molar-refractivity contribution < 1.29 is 4.79 Å². The van der Waals surface area contributed by atoms with Crippen LogP contribution in [-0.2, 0) is 0 Å². The molecule has 0 aromatic rings. The van der Waals surface area contributed by atoms with Crippen LogP contribution in [0.4, 0.5) is 4.79 Å². The summed E-state index contributed by atoms with van der Waals surface area (Å²) in [5.74, 6) is 0.715. The van der Waals surface area contributed by atoms with E-state index < -0.39 is 0 Å². The van der Waals surface area contributed by atoms with Gasteiger partial charge in [0.1, 0.15) is 0 Å². The van der Waals surface area contributed by atoms with Crippen LogP contribution < -0.4 is 0 Å². The lowest BCUT2D eigenvalue weighted by Crippen LogP contribution is -2.44. The molecule has 0 bridgehead atoms. The molecule has 2 saturated heterocycles. The molecule has 2 fully saturated rings. The largest absolute Gasteiger partial charge is 0.331 e. The standard InChI is InChI=1S/C13H25N3O/c1-10(2)9-15-7-5-12-11(15)6-8-16(12)13(17)14(3)4/h10-12H,5-9H2,1-4H3/t11-,12+/m1/s1. The summed E-state index contributed by atoms with van der Waals surface area (Å²) in [6, 6.07) is 1.26. The average Bonchev–Trinajstić information content (AvgIpc) is 2.79. The van der Waals surface area contributed by atoms with Gasteiger partial charge in [-0.15, -0.1) is 0 Å². The second-order valence-corrected chi connectivity index (χ2v) is 5.97. The topological polar surface area (TPSA) is 26.8 Å². The van der Waals surface area contributed by atoms with Crippen LogP contribution in [0.3, 0.4) is 0 Å². The zero-order valence-corrected chi connectivity index (χ0v) is 11.5. The maximum atomic E-state index is 12.0. The second kappa shape index (κ2) is 4.84. The fourth-order valence-corrected chi connectivity index (χ4v) is 3.27. The Hall–Kier alpha value is -0.770. The number of hydrogen-bond donors (Lipinski definition) is 0. The summed E-state index contributed by atoms with van der Waals surface area (Å²) in [5.41, 5.74) is 0. The molecular formula is C13H25N3O. The first kappa shape index (κ1) is 12.7. The molecule has 2 heterocycles. The molecule has 2 atom stereocenters. The van der Waals surface area contributed by atoms with Crippen LogP contribution in [0.5, 0.6) is 0 Å². The van der Waals surface area contributed by atoms with E-state index in [1.165, 1.54) is 6.54 Å². The third-order valence-corrected chi connectivity index (χ3v) is 3.92. The smallest absolute Gasteiger partial charge is 0.319 e. The summed E-state index contributed by atoms with van der Waals surface area (Å²) >= 11 is 0. The summed E-state index contributed by atoms with van der Waals surface area (Å²) in [6.45, 7) is 7.80. The minimum atomic E-state index is 0.184. The molecule has 2 amide bonds. The van der Waals surface area contributed by atoms with Gasteiger partial charge in [-0.3, -0.25) is 4.90 Å². The summed E-state index contributed by atoms with van der Waals surface area (Å²) in [5, 5.41) is 0. The quantitative estimate of drug-likeness (QED) is 0.729. The van der Waals surface area contributed by atoms with Gasteiger partial charge in [-0.05, 0) is 18.8 Å². The van der Waals surface area contributed by atoms with Crippen LogP contribution in [0.1, 0.15) is 26.7 Å². The van der Waals surface area contributed by atoms with Crippen molar-refractivity contribution in [3.63, 3.8) is 0 Å². The van der Waals surface area contributed by atoms with Gasteiger partial charge < -0.3 is 9.80 Å². The fourth-order valence-electron chi connectivity index (χ4n) is 3.27. The Kier molecular flexibility index (Phi) is 3.61. The number of carbonyl (C=O) groups is 1. The molecule has 4 heteroatoms. The van der Waals surface area contributed by atoms with Crippen LogP contribution in [0.15, 0.2) is 0 Å². The number of carbonyl (C=O) groups excluding carboxylic acids is 1. The monoisotopic (exact) mass is 239 g/mol. The summed E-state index contributed by atoms with van der Waals surface area (Å²) in [6.07, 6.45) is 2.30. The van der Waals surface area contributed by atoms with Crippen molar-refractivity contribution in [2.45, 2.75) is 38.8 Å². The maximum Gasteiger partial charge on any atom is 0.319 e. The van der Waals surface area contributed by atoms with E-state index in [9.17, 15) is 4.79 Å². The number of hydrogen-bond acceptors (Lipinski definition) is 2. The van der Waals surface area contributed by atoms with E-state index in [-0.39, 0.29) is 6.03 Å². The van der Waals surface area contributed by atoms with Gasteiger partial charge >= 0.3 is 6.03 Å². The van der Waals surface area contributed by atoms with E-state index in [0.29, 0.717) is 18.0 Å². The second-order valence-electron chi connectivity index (χ2n) is 5.97. The molecule has 0 saturated carbocycles. The first-order valence-electron chi connectivity index (χ1n) is 6.72. The van der Waals surface area contributed by atoms with Gasteiger partial charge in [-0.25, -0.2) is 4.79 Å². The maximum absolute atomic E-state index is 12.0. The van der Waals surface area contributed by atoms with Gasteiger partial charge in [0, 0.05) is 39.8 Å². The van der Waals surface area contributed by atoms with E-state index in [4.69, 9.17) is 0 Å². The molecule has 0 aromatic carbocycles. The molecule has 2 aliphatic rings. The Labute approximate surface area is 105 Å². The zero-order valence-electron chi connectivity index (χ0n) is 11.5. The van der Waals surface area contributed by atoms with Gasteiger partial charge in [0.05, 0.1) is 6.04 Å². The number of nitrogens with zero attached hydrogens (tertiary/aromatic N) is 3. The van der Waals surface area contributed by atoms with Crippen molar-refractivity contribution in [3.05, 3.63) is 0 Å². The summed E-state index contributed by atoms with van der Waals surface area (Å²) < 4.78 is 0. The van der Waals surface area contributed by atoms with Gasteiger partial charge in [-0.1, -0.05) is 13.8 Å². The molecule has 0 radical (unpaired) electrons. The van der Waals surface area contributed by atoms with E-state index in [1.54, 1.807) is 4.90 Å². The molecule has 17 heavy (non-hydrogen) atoms. The highest BCUT2D eigenvalue weighted by molar-refractivity contribution is 5.74.